The molecule has 1 aliphatic rings. The molecule has 3 aromatic heterocycles. The largest absolute Gasteiger partial charge is 0.416 e. The molecule has 14 heteroatoms. The zero-order valence-electron chi connectivity index (χ0n) is 17.8. The monoisotopic (exact) mass is 523 g/mol. The van der Waals surface area contributed by atoms with Crippen LogP contribution < -0.4 is 15.5 Å². The Kier molecular flexibility index (Phi) is 6.23. The fourth-order valence-corrected chi connectivity index (χ4v) is 5.41. The molecular weight excluding hydrogens is 506 g/mol. The predicted octanol–water partition coefficient (Wildman–Crippen LogP) is 4.57. The second-order valence-corrected chi connectivity index (χ2v) is 9.87. The fourth-order valence-electron chi connectivity index (χ4n) is 3.72. The van der Waals surface area contributed by atoms with Crippen LogP contribution in [0.3, 0.4) is 0 Å². The molecule has 0 unspecified atom stereocenters. The van der Waals surface area contributed by atoms with Crippen molar-refractivity contribution in [1.82, 2.24) is 20.2 Å². The Labute approximate surface area is 204 Å². The summed E-state index contributed by atoms with van der Waals surface area (Å²) < 4.78 is 53.2. The number of halogens is 4. The predicted molar refractivity (Wildman–Crippen MR) is 125 cm³/mol. The molecule has 4 aromatic rings. The van der Waals surface area contributed by atoms with E-state index in [4.69, 9.17) is 0 Å². The number of carbonyl (C=O) groups is 1. The van der Waals surface area contributed by atoms with Gasteiger partial charge in [-0.25, -0.2) is 9.37 Å². The van der Waals surface area contributed by atoms with Gasteiger partial charge in [-0.05, 0) is 42.3 Å². The lowest BCUT2D eigenvalue weighted by Gasteiger charge is -2.14. The molecule has 1 aromatic carbocycles. The van der Waals surface area contributed by atoms with Gasteiger partial charge in [0, 0.05) is 25.3 Å². The molecule has 0 spiro atoms. The Bertz CT molecular complexity index is 1340. The zero-order chi connectivity index (χ0) is 24.6. The van der Waals surface area contributed by atoms with Gasteiger partial charge in [0.05, 0.1) is 16.7 Å². The van der Waals surface area contributed by atoms with E-state index in [2.05, 4.69) is 35.7 Å². The van der Waals surface area contributed by atoms with E-state index >= 15 is 0 Å². The summed E-state index contributed by atoms with van der Waals surface area (Å²) >= 11 is 2.69. The van der Waals surface area contributed by atoms with Crippen molar-refractivity contribution < 1.29 is 22.4 Å². The number of nitrogens with one attached hydrogen (secondary N) is 2. The molecule has 35 heavy (non-hydrogen) atoms. The van der Waals surface area contributed by atoms with E-state index in [1.807, 2.05) is 12.1 Å². The summed E-state index contributed by atoms with van der Waals surface area (Å²) in [4.78, 5) is 23.3. The summed E-state index contributed by atoms with van der Waals surface area (Å²) in [5.41, 5.74) is -0.509. The van der Waals surface area contributed by atoms with Crippen LogP contribution in [0.25, 0.3) is 10.3 Å². The minimum Gasteiger partial charge on any atom is -0.355 e. The molecule has 2 N–H and O–H groups in total. The molecule has 182 valence electrons. The maximum atomic E-state index is 13.6. The summed E-state index contributed by atoms with van der Waals surface area (Å²) in [6.07, 6.45) is -2.57. The Morgan fingerprint density at radius 2 is 2.00 bits per heavy atom. The second-order valence-electron chi connectivity index (χ2n) is 7.88. The number of benzene rings is 1. The van der Waals surface area contributed by atoms with Crippen LogP contribution in [0.2, 0.25) is 0 Å². The lowest BCUT2D eigenvalue weighted by molar-refractivity contribution is -0.137. The fraction of sp³-hybridized carbons (Fsp3) is 0.286. The van der Waals surface area contributed by atoms with Crippen LogP contribution in [0.4, 0.5) is 33.0 Å². The molecule has 1 aliphatic heterocycles. The molecule has 1 saturated heterocycles. The quantitative estimate of drug-likeness (QED) is 0.358. The molecule has 4 heterocycles. The van der Waals surface area contributed by atoms with Crippen LogP contribution >= 0.6 is 22.7 Å². The number of alkyl halides is 3. The Morgan fingerprint density at radius 1 is 1.17 bits per heavy atom. The molecule has 0 bridgehead atoms. The molecule has 1 amide bonds. The van der Waals surface area contributed by atoms with Crippen molar-refractivity contribution in [3.63, 3.8) is 0 Å². The van der Waals surface area contributed by atoms with E-state index in [1.54, 1.807) is 17.5 Å². The van der Waals surface area contributed by atoms with Crippen molar-refractivity contribution in [2.75, 3.05) is 28.6 Å². The topological polar surface area (TPSA) is 95.9 Å². The minimum atomic E-state index is -4.70. The second kappa shape index (κ2) is 9.34. The van der Waals surface area contributed by atoms with Crippen molar-refractivity contribution in [3.8, 4) is 0 Å². The van der Waals surface area contributed by atoms with E-state index in [-0.39, 0.29) is 16.7 Å². The first kappa shape index (κ1) is 23.4. The van der Waals surface area contributed by atoms with Crippen molar-refractivity contribution in [2.45, 2.75) is 25.1 Å². The van der Waals surface area contributed by atoms with Gasteiger partial charge in [0.2, 0.25) is 16.2 Å². The van der Waals surface area contributed by atoms with E-state index in [1.165, 1.54) is 0 Å². The number of carbonyl (C=O) groups excluding carboxylic acids is 1. The van der Waals surface area contributed by atoms with Gasteiger partial charge < -0.3 is 15.5 Å². The lowest BCUT2D eigenvalue weighted by atomic mass is 10.1. The Hall–Kier alpha value is -3.39. The molecule has 5 rings (SSSR count). The standard InChI is InChI=1S/C21H17F4N7OS2/c22-13-7-11(6-12(9-13)21(23,24)25)8-16(33)28-19-31-30-18(35-19)27-14-3-5-32(10-14)20-29-17-15(34-20)2-1-4-26-17/h1-2,4,6-7,9,14H,3,5,8,10H2,(H,27,30)(H,28,31,33)/t14-/m1/s1. The van der Waals surface area contributed by atoms with Gasteiger partial charge in [-0.2, -0.15) is 18.2 Å². The van der Waals surface area contributed by atoms with E-state index in [0.29, 0.717) is 17.7 Å². The van der Waals surface area contributed by atoms with Crippen LogP contribution in [-0.4, -0.2) is 45.2 Å². The number of aromatic nitrogens is 4. The third kappa shape index (κ3) is 5.48. The Morgan fingerprint density at radius 3 is 2.80 bits per heavy atom. The van der Waals surface area contributed by atoms with Gasteiger partial charge in [-0.3, -0.25) is 4.79 Å². The SMILES string of the molecule is O=C(Cc1cc(F)cc(C(F)(F)F)c1)Nc1nnc(N[C@@H]2CCN(c3nc4ncccc4s3)C2)s1. The molecular formula is C21H17F4N7OS2. The number of pyridine rings is 1. The van der Waals surface area contributed by atoms with E-state index in [0.717, 1.165) is 51.9 Å². The summed E-state index contributed by atoms with van der Waals surface area (Å²) in [5, 5.41) is 15.3. The van der Waals surface area contributed by atoms with Gasteiger partial charge in [-0.1, -0.05) is 22.7 Å². The average Bonchev–Trinajstić information content (AvgIpc) is 3.52. The summed E-state index contributed by atoms with van der Waals surface area (Å²) in [6, 6.07) is 6.00. The zero-order valence-corrected chi connectivity index (χ0v) is 19.5. The number of anilines is 3. The van der Waals surface area contributed by atoms with Crippen molar-refractivity contribution in [1.29, 1.82) is 0 Å². The van der Waals surface area contributed by atoms with E-state index in [9.17, 15) is 22.4 Å². The third-order valence-corrected chi connectivity index (χ3v) is 7.10. The highest BCUT2D eigenvalue weighted by atomic mass is 32.1. The lowest BCUT2D eigenvalue weighted by Crippen LogP contribution is -2.25. The van der Waals surface area contributed by atoms with Crippen LogP contribution in [0, 0.1) is 5.82 Å². The van der Waals surface area contributed by atoms with Crippen molar-refractivity contribution in [3.05, 3.63) is 53.5 Å². The smallest absolute Gasteiger partial charge is 0.355 e. The van der Waals surface area contributed by atoms with Gasteiger partial charge >= 0.3 is 6.18 Å². The van der Waals surface area contributed by atoms with Gasteiger partial charge in [-0.15, -0.1) is 10.2 Å². The first-order valence-electron chi connectivity index (χ1n) is 10.5. The Balaban J connectivity index is 1.16. The highest BCUT2D eigenvalue weighted by Crippen LogP contribution is 2.32. The molecule has 8 nitrogen and oxygen atoms in total. The number of fused-ring (bicyclic) bond motifs is 1. The number of hydrogen-bond donors (Lipinski definition) is 2. The molecule has 0 radical (unpaired) electrons. The maximum Gasteiger partial charge on any atom is 0.416 e. The summed E-state index contributed by atoms with van der Waals surface area (Å²) in [7, 11) is 0. The number of rotatable bonds is 6. The first-order chi connectivity index (χ1) is 16.7. The van der Waals surface area contributed by atoms with Crippen LogP contribution in [0.1, 0.15) is 17.5 Å². The molecule has 0 saturated carbocycles. The van der Waals surface area contributed by atoms with Crippen LogP contribution in [0.15, 0.2) is 36.5 Å². The average molecular weight is 524 g/mol. The highest BCUT2D eigenvalue weighted by Gasteiger charge is 2.31. The normalized spacial score (nSPS) is 16.1. The third-order valence-electron chi connectivity index (χ3n) is 5.26. The van der Waals surface area contributed by atoms with Gasteiger partial charge in [0.1, 0.15) is 5.82 Å². The number of thiazole rings is 1. The number of amides is 1. The first-order valence-corrected chi connectivity index (χ1v) is 12.1. The molecule has 1 fully saturated rings. The number of nitrogens with zero attached hydrogens (tertiary/aromatic N) is 5. The van der Waals surface area contributed by atoms with E-state index < -0.39 is 29.9 Å². The summed E-state index contributed by atoms with van der Waals surface area (Å²) in [6.45, 7) is 1.52. The van der Waals surface area contributed by atoms with Crippen molar-refractivity contribution in [2.24, 2.45) is 0 Å². The van der Waals surface area contributed by atoms with Gasteiger partial charge in [0.15, 0.2) is 10.8 Å². The van der Waals surface area contributed by atoms with Crippen LogP contribution in [-0.2, 0) is 17.4 Å². The summed E-state index contributed by atoms with van der Waals surface area (Å²) in [5.74, 6) is -1.68. The van der Waals surface area contributed by atoms with Gasteiger partial charge in [0.25, 0.3) is 0 Å². The number of hydrogen-bond acceptors (Lipinski definition) is 9. The maximum absolute atomic E-state index is 13.6. The molecule has 0 aliphatic carbocycles. The molecule has 1 atom stereocenters. The minimum absolute atomic E-state index is 0.0891. The van der Waals surface area contributed by atoms with Crippen molar-refractivity contribution >= 4 is 54.3 Å². The van der Waals surface area contributed by atoms with Crippen LogP contribution in [0.5, 0.6) is 0 Å². The highest BCUT2D eigenvalue weighted by molar-refractivity contribution is 7.22.